The van der Waals surface area contributed by atoms with Crippen LogP contribution in [0.15, 0.2) is 36.4 Å². The lowest BCUT2D eigenvalue weighted by atomic mass is 10.1. The van der Waals surface area contributed by atoms with Crippen LogP contribution in [0.3, 0.4) is 0 Å². The van der Waals surface area contributed by atoms with Crippen LogP contribution in [-0.4, -0.2) is 31.7 Å². The summed E-state index contributed by atoms with van der Waals surface area (Å²) in [7, 11) is 3.00. The first kappa shape index (κ1) is 17.8. The Morgan fingerprint density at radius 3 is 2.38 bits per heavy atom. The predicted molar refractivity (Wildman–Crippen MR) is 101 cm³/mol. The van der Waals surface area contributed by atoms with Crippen molar-refractivity contribution in [3.63, 3.8) is 0 Å². The van der Waals surface area contributed by atoms with E-state index in [-0.39, 0.29) is 5.91 Å². The number of anilines is 1. The normalized spacial score (nSPS) is 10.4. The topological polar surface area (TPSA) is 81.7 Å². The molecule has 136 valence electrons. The fourth-order valence-electron chi connectivity index (χ4n) is 2.50. The molecule has 0 atom stereocenters. The number of carbonyl (C=O) groups excluding carboxylic acids is 1. The van der Waals surface area contributed by atoms with Gasteiger partial charge in [-0.2, -0.15) is 0 Å². The van der Waals surface area contributed by atoms with Gasteiger partial charge in [0.1, 0.15) is 28.3 Å². The van der Waals surface area contributed by atoms with Gasteiger partial charge in [-0.1, -0.05) is 23.5 Å². The Morgan fingerprint density at radius 1 is 1.08 bits per heavy atom. The van der Waals surface area contributed by atoms with Gasteiger partial charge in [0.25, 0.3) is 5.91 Å². The highest BCUT2D eigenvalue weighted by atomic mass is 32.1. The Hall–Kier alpha value is -3.00. The first-order valence-electron chi connectivity index (χ1n) is 7.97. The lowest BCUT2D eigenvalue weighted by molar-refractivity contribution is 0.0956. The summed E-state index contributed by atoms with van der Waals surface area (Å²) in [5, 5.41) is 0.550. The standard InChI is InChI=1S/C18H19N3O4S/c1-4-25-13-9-6-10-14-16(13)19-18(26-14)21-20-17(22)15-11(23-2)7-5-8-12(15)24-3/h5-10H,4H2,1-3H3,(H,19,21)(H,20,22). The Bertz CT molecular complexity index is 904. The maximum atomic E-state index is 12.6. The number of nitrogens with one attached hydrogen (secondary N) is 2. The second kappa shape index (κ2) is 7.92. The molecule has 1 amide bonds. The van der Waals surface area contributed by atoms with Crippen LogP contribution < -0.4 is 25.1 Å². The summed E-state index contributed by atoms with van der Waals surface area (Å²) in [5.41, 5.74) is 6.54. The fraction of sp³-hybridized carbons (Fsp3) is 0.222. The molecule has 1 heterocycles. The molecule has 0 aliphatic heterocycles. The van der Waals surface area contributed by atoms with Gasteiger partial charge in [-0.25, -0.2) is 4.98 Å². The van der Waals surface area contributed by atoms with Crippen LogP contribution in [0.5, 0.6) is 17.2 Å². The number of hydrogen-bond donors (Lipinski definition) is 2. The molecule has 7 nitrogen and oxygen atoms in total. The van der Waals surface area contributed by atoms with Gasteiger partial charge in [0, 0.05) is 0 Å². The molecule has 0 aliphatic carbocycles. The van der Waals surface area contributed by atoms with Gasteiger partial charge in [-0.3, -0.25) is 15.6 Å². The summed E-state index contributed by atoms with van der Waals surface area (Å²) in [5.74, 6) is 1.17. The third-order valence-corrected chi connectivity index (χ3v) is 4.56. The largest absolute Gasteiger partial charge is 0.496 e. The number of fused-ring (bicyclic) bond motifs is 1. The Kier molecular flexibility index (Phi) is 5.43. The molecule has 0 unspecified atom stereocenters. The number of hydrogen-bond acceptors (Lipinski definition) is 7. The smallest absolute Gasteiger partial charge is 0.277 e. The Morgan fingerprint density at radius 2 is 1.73 bits per heavy atom. The third-order valence-electron chi connectivity index (χ3n) is 3.62. The average molecular weight is 373 g/mol. The molecule has 0 spiro atoms. The maximum absolute atomic E-state index is 12.6. The number of para-hydroxylation sites is 1. The van der Waals surface area contributed by atoms with E-state index in [4.69, 9.17) is 14.2 Å². The van der Waals surface area contributed by atoms with Gasteiger partial charge < -0.3 is 14.2 Å². The van der Waals surface area contributed by atoms with Crippen molar-refractivity contribution < 1.29 is 19.0 Å². The van der Waals surface area contributed by atoms with E-state index in [9.17, 15) is 4.79 Å². The van der Waals surface area contributed by atoms with Crippen LogP contribution in [0.1, 0.15) is 17.3 Å². The second-order valence-electron chi connectivity index (χ2n) is 5.17. The van der Waals surface area contributed by atoms with Crippen LogP contribution in [0.25, 0.3) is 10.2 Å². The molecule has 0 fully saturated rings. The fourth-order valence-corrected chi connectivity index (χ4v) is 3.33. The quantitative estimate of drug-likeness (QED) is 0.617. The zero-order valence-electron chi connectivity index (χ0n) is 14.7. The van der Waals surface area contributed by atoms with Gasteiger partial charge in [-0.05, 0) is 31.2 Å². The number of benzene rings is 2. The van der Waals surface area contributed by atoms with Crippen LogP contribution >= 0.6 is 11.3 Å². The Balaban J connectivity index is 1.80. The van der Waals surface area contributed by atoms with Crippen molar-refractivity contribution >= 4 is 32.6 Å². The maximum Gasteiger partial charge on any atom is 0.277 e. The summed E-state index contributed by atoms with van der Waals surface area (Å²) < 4.78 is 17.1. The van der Waals surface area contributed by atoms with Crippen molar-refractivity contribution in [1.29, 1.82) is 0 Å². The molecule has 0 radical (unpaired) electrons. The zero-order valence-corrected chi connectivity index (χ0v) is 15.5. The number of nitrogens with zero attached hydrogens (tertiary/aromatic N) is 1. The van der Waals surface area contributed by atoms with Crippen molar-refractivity contribution in [1.82, 2.24) is 10.4 Å². The SMILES string of the molecule is CCOc1cccc2sc(NNC(=O)c3c(OC)cccc3OC)nc12. The van der Waals surface area contributed by atoms with Crippen molar-refractivity contribution in [2.75, 3.05) is 26.3 Å². The summed E-state index contributed by atoms with van der Waals surface area (Å²) >= 11 is 1.41. The molecule has 0 bridgehead atoms. The number of rotatable bonds is 7. The van der Waals surface area contributed by atoms with Gasteiger partial charge in [0.2, 0.25) is 5.13 Å². The molecule has 0 aliphatic rings. The van der Waals surface area contributed by atoms with Crippen LogP contribution in [0.4, 0.5) is 5.13 Å². The van der Waals surface area contributed by atoms with Crippen LogP contribution in [-0.2, 0) is 0 Å². The van der Waals surface area contributed by atoms with E-state index in [1.807, 2.05) is 25.1 Å². The zero-order chi connectivity index (χ0) is 18.5. The molecule has 26 heavy (non-hydrogen) atoms. The highest BCUT2D eigenvalue weighted by Gasteiger charge is 2.18. The summed E-state index contributed by atoms with van der Waals surface area (Å²) in [6, 6.07) is 10.9. The number of hydrazine groups is 1. The Labute approximate surface area is 154 Å². The van der Waals surface area contributed by atoms with E-state index < -0.39 is 0 Å². The lowest BCUT2D eigenvalue weighted by Gasteiger charge is -2.13. The molecule has 1 aromatic heterocycles. The number of carbonyl (C=O) groups is 1. The van der Waals surface area contributed by atoms with Crippen molar-refractivity contribution in [3.8, 4) is 17.2 Å². The summed E-state index contributed by atoms with van der Waals surface area (Å²) in [6.45, 7) is 2.48. The second-order valence-corrected chi connectivity index (χ2v) is 6.20. The van der Waals surface area contributed by atoms with E-state index in [2.05, 4.69) is 15.8 Å². The molecule has 0 saturated heterocycles. The van der Waals surface area contributed by atoms with Gasteiger partial charge in [-0.15, -0.1) is 0 Å². The third kappa shape index (κ3) is 3.50. The monoisotopic (exact) mass is 373 g/mol. The van der Waals surface area contributed by atoms with E-state index >= 15 is 0 Å². The number of amides is 1. The van der Waals surface area contributed by atoms with E-state index in [0.717, 1.165) is 10.2 Å². The lowest BCUT2D eigenvalue weighted by Crippen LogP contribution is -2.30. The molecule has 2 aromatic carbocycles. The number of thiazole rings is 1. The van der Waals surface area contributed by atoms with Gasteiger partial charge in [0.15, 0.2) is 0 Å². The minimum atomic E-state index is -0.386. The van der Waals surface area contributed by atoms with E-state index in [1.165, 1.54) is 25.6 Å². The molecular formula is C18H19N3O4S. The van der Waals surface area contributed by atoms with Crippen molar-refractivity contribution in [2.45, 2.75) is 6.92 Å². The number of ether oxygens (including phenoxy) is 3. The first-order chi connectivity index (χ1) is 12.7. The average Bonchev–Trinajstić information content (AvgIpc) is 3.09. The van der Waals surface area contributed by atoms with Gasteiger partial charge in [0.05, 0.1) is 25.5 Å². The van der Waals surface area contributed by atoms with Crippen LogP contribution in [0.2, 0.25) is 0 Å². The minimum Gasteiger partial charge on any atom is -0.496 e. The molecule has 8 heteroatoms. The van der Waals surface area contributed by atoms with E-state index in [1.54, 1.807) is 18.2 Å². The molecule has 3 aromatic rings. The number of methoxy groups -OCH3 is 2. The molecule has 0 saturated carbocycles. The van der Waals surface area contributed by atoms with E-state index in [0.29, 0.717) is 34.6 Å². The first-order valence-corrected chi connectivity index (χ1v) is 8.79. The number of aromatic nitrogens is 1. The van der Waals surface area contributed by atoms with Gasteiger partial charge >= 0.3 is 0 Å². The summed E-state index contributed by atoms with van der Waals surface area (Å²) in [4.78, 5) is 17.1. The van der Waals surface area contributed by atoms with Crippen molar-refractivity contribution in [3.05, 3.63) is 42.0 Å². The molecule has 3 rings (SSSR count). The summed E-state index contributed by atoms with van der Waals surface area (Å²) in [6.07, 6.45) is 0. The molecule has 2 N–H and O–H groups in total. The minimum absolute atomic E-state index is 0.307. The highest BCUT2D eigenvalue weighted by molar-refractivity contribution is 7.22. The molecular weight excluding hydrogens is 354 g/mol. The van der Waals surface area contributed by atoms with Crippen LogP contribution in [0, 0.1) is 0 Å². The predicted octanol–water partition coefficient (Wildman–Crippen LogP) is 3.47. The highest BCUT2D eigenvalue weighted by Crippen LogP contribution is 2.32. The van der Waals surface area contributed by atoms with Crippen molar-refractivity contribution in [2.24, 2.45) is 0 Å².